The van der Waals surface area contributed by atoms with Crippen LogP contribution in [-0.2, 0) is 10.0 Å². The minimum absolute atomic E-state index is 0.213. The Balaban J connectivity index is 1.35. The summed E-state index contributed by atoms with van der Waals surface area (Å²) < 4.78 is 33.3. The topological polar surface area (TPSA) is 112 Å². The number of anilines is 6. The van der Waals surface area contributed by atoms with Crippen LogP contribution >= 0.6 is 11.6 Å². The predicted octanol–water partition coefficient (Wildman–Crippen LogP) is 5.84. The first-order valence-electron chi connectivity index (χ1n) is 13.9. The van der Waals surface area contributed by atoms with E-state index in [0.29, 0.717) is 28.2 Å². The molecule has 220 valence electrons. The normalized spacial score (nSPS) is 16.7. The van der Waals surface area contributed by atoms with Crippen molar-refractivity contribution in [3.8, 4) is 5.75 Å². The molecular formula is C29H38ClN7O3S. The Labute approximate surface area is 247 Å². The minimum Gasteiger partial charge on any atom is -0.488 e. The van der Waals surface area contributed by atoms with Crippen LogP contribution in [0.15, 0.2) is 48.7 Å². The van der Waals surface area contributed by atoms with Crippen LogP contribution in [0.4, 0.5) is 34.5 Å². The number of hydrogen-bond donors (Lipinski definition) is 3. The highest BCUT2D eigenvalue weighted by atomic mass is 35.5. The molecule has 1 saturated carbocycles. The summed E-state index contributed by atoms with van der Waals surface area (Å²) >= 11 is 6.44. The van der Waals surface area contributed by atoms with Crippen molar-refractivity contribution in [2.45, 2.75) is 50.9 Å². The maximum Gasteiger partial charge on any atom is 0.237 e. The van der Waals surface area contributed by atoms with Gasteiger partial charge in [0, 0.05) is 43.6 Å². The van der Waals surface area contributed by atoms with Crippen molar-refractivity contribution >= 4 is 56.1 Å². The number of aromatic nitrogens is 2. The van der Waals surface area contributed by atoms with Gasteiger partial charge in [-0.2, -0.15) is 4.98 Å². The molecule has 0 atom stereocenters. The maximum atomic E-state index is 12.6. The highest BCUT2D eigenvalue weighted by molar-refractivity contribution is 7.94. The smallest absolute Gasteiger partial charge is 0.237 e. The average Bonchev–Trinajstić information content (AvgIpc) is 2.89. The lowest BCUT2D eigenvalue weighted by Gasteiger charge is -2.35. The van der Waals surface area contributed by atoms with Gasteiger partial charge in [0.1, 0.15) is 10.8 Å². The molecule has 1 aliphatic carbocycles. The summed E-state index contributed by atoms with van der Waals surface area (Å²) in [6.45, 7) is 8.94. The quantitative estimate of drug-likeness (QED) is 0.279. The number of nitrogens with one attached hydrogen (secondary N) is 3. The monoisotopic (exact) mass is 599 g/mol. The maximum absolute atomic E-state index is 12.6. The highest BCUT2D eigenvalue weighted by Crippen LogP contribution is 2.36. The zero-order chi connectivity index (χ0) is 29.2. The first-order chi connectivity index (χ1) is 19.5. The molecule has 0 unspecified atom stereocenters. The molecule has 2 heterocycles. The van der Waals surface area contributed by atoms with Crippen molar-refractivity contribution in [3.05, 3.63) is 53.7 Å². The summed E-state index contributed by atoms with van der Waals surface area (Å²) in [6, 6.07) is 13.2. The molecule has 1 aromatic heterocycles. The Bertz CT molecular complexity index is 1480. The van der Waals surface area contributed by atoms with Gasteiger partial charge >= 0.3 is 0 Å². The molecule has 12 heteroatoms. The molecule has 2 aliphatic rings. The van der Waals surface area contributed by atoms with Gasteiger partial charge in [0.2, 0.25) is 16.0 Å². The van der Waals surface area contributed by atoms with Crippen molar-refractivity contribution in [3.63, 3.8) is 0 Å². The van der Waals surface area contributed by atoms with Crippen LogP contribution in [0.25, 0.3) is 0 Å². The molecule has 2 fully saturated rings. The molecule has 3 aromatic rings. The van der Waals surface area contributed by atoms with Crippen LogP contribution < -0.4 is 25.0 Å². The minimum atomic E-state index is -3.57. The van der Waals surface area contributed by atoms with E-state index in [9.17, 15) is 8.42 Å². The van der Waals surface area contributed by atoms with Gasteiger partial charge in [-0.05, 0) is 77.4 Å². The van der Waals surface area contributed by atoms with E-state index in [2.05, 4.69) is 54.3 Å². The van der Waals surface area contributed by atoms with E-state index in [-0.39, 0.29) is 6.10 Å². The second kappa shape index (κ2) is 11.9. The van der Waals surface area contributed by atoms with Gasteiger partial charge < -0.3 is 25.2 Å². The number of piperazine rings is 1. The van der Waals surface area contributed by atoms with E-state index >= 15 is 0 Å². The first kappa shape index (κ1) is 29.2. The van der Waals surface area contributed by atoms with Crippen LogP contribution in [0.1, 0.15) is 40.0 Å². The fourth-order valence-electron chi connectivity index (χ4n) is 4.38. The zero-order valence-corrected chi connectivity index (χ0v) is 25.5. The van der Waals surface area contributed by atoms with E-state index in [1.807, 2.05) is 12.1 Å². The summed E-state index contributed by atoms with van der Waals surface area (Å²) in [4.78, 5) is 13.7. The number of likely N-dealkylation sites (N-methyl/N-ethyl adjacent to an activating group) is 1. The molecule has 41 heavy (non-hydrogen) atoms. The van der Waals surface area contributed by atoms with Gasteiger partial charge in [0.05, 0.1) is 28.4 Å². The second-order valence-electron chi connectivity index (χ2n) is 11.6. The number of benzene rings is 2. The van der Waals surface area contributed by atoms with Crippen molar-refractivity contribution in [2.24, 2.45) is 0 Å². The Morgan fingerprint density at radius 1 is 1.00 bits per heavy atom. The number of rotatable bonds is 9. The largest absolute Gasteiger partial charge is 0.488 e. The average molecular weight is 600 g/mol. The lowest BCUT2D eigenvalue weighted by Crippen LogP contribution is -2.44. The molecule has 5 rings (SSSR count). The molecular weight excluding hydrogens is 562 g/mol. The van der Waals surface area contributed by atoms with Crippen molar-refractivity contribution in [1.82, 2.24) is 14.9 Å². The zero-order valence-electron chi connectivity index (χ0n) is 23.9. The van der Waals surface area contributed by atoms with E-state index in [4.69, 9.17) is 16.3 Å². The fraction of sp³-hybridized carbons (Fsp3) is 0.448. The lowest BCUT2D eigenvalue weighted by atomic mass is 9.96. The van der Waals surface area contributed by atoms with Crippen molar-refractivity contribution in [2.75, 3.05) is 53.5 Å². The molecule has 3 N–H and O–H groups in total. The number of ether oxygens (including phenoxy) is 1. The Kier molecular flexibility index (Phi) is 8.49. The molecule has 10 nitrogen and oxygen atoms in total. The molecule has 0 spiro atoms. The van der Waals surface area contributed by atoms with Gasteiger partial charge in [-0.25, -0.2) is 13.4 Å². The number of nitrogens with zero attached hydrogens (tertiary/aromatic N) is 4. The van der Waals surface area contributed by atoms with E-state index in [1.165, 1.54) is 12.6 Å². The third kappa shape index (κ3) is 7.14. The van der Waals surface area contributed by atoms with Crippen LogP contribution in [0.2, 0.25) is 5.02 Å². The summed E-state index contributed by atoms with van der Waals surface area (Å²) in [7, 11) is -1.42. The molecule has 1 aliphatic heterocycles. The number of sulfonamides is 1. The Morgan fingerprint density at radius 2 is 1.73 bits per heavy atom. The first-order valence-corrected chi connectivity index (χ1v) is 15.8. The molecule has 0 radical (unpaired) electrons. The standard InChI is InChI=1S/C29H38ClN7O3S/c1-29(2,3)41(38,39)35-21-8-5-7-20(17-21)32-27-24(30)19-31-28(34-27)33-25-12-11-22(37-15-13-36(4)14-16-37)18-26(25)40-23-9-6-10-23/h5,7-8,11-12,17-19,23,35H,6,9-10,13-16H2,1-4H3,(H2,31,32,33,34). The van der Waals surface area contributed by atoms with Crippen LogP contribution in [0.5, 0.6) is 5.75 Å². The molecule has 0 bridgehead atoms. The Hall–Kier alpha value is -3.28. The molecule has 2 aromatic carbocycles. The summed E-state index contributed by atoms with van der Waals surface area (Å²) in [5.74, 6) is 1.51. The SMILES string of the molecule is CN1CCN(c2ccc(Nc3ncc(Cl)c(Nc4cccc(NS(=O)(=O)C(C)(C)C)c4)n3)c(OC3CCC3)c2)CC1. The van der Waals surface area contributed by atoms with Crippen LogP contribution in [0.3, 0.4) is 0 Å². The molecule has 1 saturated heterocycles. The summed E-state index contributed by atoms with van der Waals surface area (Å²) in [5, 5.41) is 6.82. The van der Waals surface area contributed by atoms with Crippen LogP contribution in [0, 0.1) is 0 Å². The summed E-state index contributed by atoms with van der Waals surface area (Å²) in [5.41, 5.74) is 2.98. The van der Waals surface area contributed by atoms with Gasteiger partial charge in [0.25, 0.3) is 0 Å². The fourth-order valence-corrected chi connectivity index (χ4v) is 5.26. The number of halogens is 1. The third-order valence-electron chi connectivity index (χ3n) is 7.35. The third-order valence-corrected chi connectivity index (χ3v) is 9.75. The lowest BCUT2D eigenvalue weighted by molar-refractivity contribution is 0.121. The summed E-state index contributed by atoms with van der Waals surface area (Å²) in [6.07, 6.45) is 5.02. The van der Waals surface area contributed by atoms with E-state index in [0.717, 1.165) is 56.1 Å². The van der Waals surface area contributed by atoms with Gasteiger partial charge in [0.15, 0.2) is 5.82 Å². The van der Waals surface area contributed by atoms with Crippen molar-refractivity contribution in [1.29, 1.82) is 0 Å². The van der Waals surface area contributed by atoms with E-state index < -0.39 is 14.8 Å². The van der Waals surface area contributed by atoms with Gasteiger partial charge in [-0.3, -0.25) is 4.72 Å². The Morgan fingerprint density at radius 3 is 2.41 bits per heavy atom. The predicted molar refractivity (Wildman–Crippen MR) is 167 cm³/mol. The van der Waals surface area contributed by atoms with E-state index in [1.54, 1.807) is 39.0 Å². The number of hydrogen-bond acceptors (Lipinski definition) is 9. The van der Waals surface area contributed by atoms with Gasteiger partial charge in [-0.1, -0.05) is 17.7 Å². The van der Waals surface area contributed by atoms with Crippen LogP contribution in [-0.4, -0.2) is 67.4 Å². The molecule has 0 amide bonds. The van der Waals surface area contributed by atoms with Crippen molar-refractivity contribution < 1.29 is 13.2 Å². The van der Waals surface area contributed by atoms with Gasteiger partial charge in [-0.15, -0.1) is 0 Å². The second-order valence-corrected chi connectivity index (χ2v) is 14.4. The highest BCUT2D eigenvalue weighted by Gasteiger charge is 2.29.